The third-order valence-corrected chi connectivity index (χ3v) is 5.11. The van der Waals surface area contributed by atoms with E-state index in [4.69, 9.17) is 23.2 Å². The fraction of sp³-hybridized carbons (Fsp3) is 0.263. The Balaban J connectivity index is 1.59. The van der Waals surface area contributed by atoms with Gasteiger partial charge in [0.1, 0.15) is 6.04 Å². The van der Waals surface area contributed by atoms with Crippen LogP contribution in [0.5, 0.6) is 0 Å². The van der Waals surface area contributed by atoms with Gasteiger partial charge in [0.2, 0.25) is 0 Å². The molecule has 2 aromatic carbocycles. The summed E-state index contributed by atoms with van der Waals surface area (Å²) in [4.78, 5) is 12.4. The van der Waals surface area contributed by atoms with Crippen molar-refractivity contribution in [2.45, 2.75) is 32.4 Å². The first kappa shape index (κ1) is 18.9. The Morgan fingerprint density at radius 3 is 2.54 bits per heavy atom. The number of hydrogen-bond donors (Lipinski definition) is 3. The van der Waals surface area contributed by atoms with Crippen molar-refractivity contribution in [1.29, 1.82) is 0 Å². The molecule has 1 saturated heterocycles. The molecule has 136 valence electrons. The van der Waals surface area contributed by atoms with E-state index in [1.165, 1.54) is 5.56 Å². The number of hydrazine groups is 1. The standard InChI is InChI=1S/C19H20Cl2N4O/c1-11-3-5-13(6-4-11)12(2)22-25-19(26)18-10-17(23-24-18)14-7-8-15(20)16(21)9-14/h3-9,17-18,23-24H,10H2,1-2H3,(H,25,26)/b22-12+. The first-order valence-corrected chi connectivity index (χ1v) is 9.07. The van der Waals surface area contributed by atoms with Crippen molar-refractivity contribution < 1.29 is 4.79 Å². The van der Waals surface area contributed by atoms with Gasteiger partial charge in [0.15, 0.2) is 0 Å². The van der Waals surface area contributed by atoms with Crippen molar-refractivity contribution in [2.75, 3.05) is 0 Å². The fourth-order valence-corrected chi connectivity index (χ4v) is 3.06. The number of carbonyl (C=O) groups excluding carboxylic acids is 1. The van der Waals surface area contributed by atoms with Crippen LogP contribution < -0.4 is 16.3 Å². The van der Waals surface area contributed by atoms with Crippen LogP contribution in [-0.4, -0.2) is 17.7 Å². The number of nitrogens with one attached hydrogen (secondary N) is 3. The predicted octanol–water partition coefficient (Wildman–Crippen LogP) is 3.75. The van der Waals surface area contributed by atoms with E-state index in [1.54, 1.807) is 6.07 Å². The molecule has 5 nitrogen and oxygen atoms in total. The van der Waals surface area contributed by atoms with Crippen molar-refractivity contribution >= 4 is 34.8 Å². The van der Waals surface area contributed by atoms with Crippen LogP contribution >= 0.6 is 23.2 Å². The lowest BCUT2D eigenvalue weighted by atomic mass is 10.0. The summed E-state index contributed by atoms with van der Waals surface area (Å²) >= 11 is 12.0. The van der Waals surface area contributed by atoms with Gasteiger partial charge in [0.25, 0.3) is 5.91 Å². The minimum absolute atomic E-state index is 0.0253. The van der Waals surface area contributed by atoms with Crippen LogP contribution in [0.25, 0.3) is 0 Å². The maximum atomic E-state index is 12.4. The van der Waals surface area contributed by atoms with E-state index < -0.39 is 0 Å². The molecule has 1 fully saturated rings. The second kappa shape index (κ2) is 8.18. The Labute approximate surface area is 162 Å². The monoisotopic (exact) mass is 390 g/mol. The highest BCUT2D eigenvalue weighted by atomic mass is 35.5. The lowest BCUT2D eigenvalue weighted by Gasteiger charge is -2.10. The summed E-state index contributed by atoms with van der Waals surface area (Å²) in [6.45, 7) is 3.89. The van der Waals surface area contributed by atoms with Gasteiger partial charge >= 0.3 is 0 Å². The van der Waals surface area contributed by atoms with E-state index in [9.17, 15) is 4.79 Å². The van der Waals surface area contributed by atoms with Crippen molar-refractivity contribution in [2.24, 2.45) is 5.10 Å². The van der Waals surface area contributed by atoms with Gasteiger partial charge in [-0.3, -0.25) is 4.79 Å². The molecule has 1 heterocycles. The van der Waals surface area contributed by atoms with Gasteiger partial charge in [0.05, 0.1) is 15.8 Å². The average molecular weight is 391 g/mol. The molecular formula is C19H20Cl2N4O. The van der Waals surface area contributed by atoms with E-state index in [-0.39, 0.29) is 18.0 Å². The van der Waals surface area contributed by atoms with Crippen molar-refractivity contribution in [3.8, 4) is 0 Å². The fourth-order valence-electron chi connectivity index (χ4n) is 2.75. The van der Waals surface area contributed by atoms with Crippen molar-refractivity contribution in [3.63, 3.8) is 0 Å². The number of halogens is 2. The molecule has 0 bridgehead atoms. The molecule has 0 saturated carbocycles. The van der Waals surface area contributed by atoms with Crippen molar-refractivity contribution in [1.82, 2.24) is 16.3 Å². The van der Waals surface area contributed by atoms with E-state index in [1.807, 2.05) is 50.2 Å². The van der Waals surface area contributed by atoms with Crippen LogP contribution in [0.4, 0.5) is 0 Å². The topological polar surface area (TPSA) is 65.5 Å². The Kier molecular flexibility index (Phi) is 5.94. The molecule has 0 aromatic heterocycles. The van der Waals surface area contributed by atoms with Crippen LogP contribution in [0, 0.1) is 6.92 Å². The molecule has 7 heteroatoms. The summed E-state index contributed by atoms with van der Waals surface area (Å²) in [7, 11) is 0. The third kappa shape index (κ3) is 4.43. The summed E-state index contributed by atoms with van der Waals surface area (Å²) in [5, 5.41) is 5.21. The van der Waals surface area contributed by atoms with E-state index in [2.05, 4.69) is 21.4 Å². The zero-order valence-corrected chi connectivity index (χ0v) is 16.0. The smallest absolute Gasteiger partial charge is 0.258 e. The summed E-state index contributed by atoms with van der Waals surface area (Å²) in [5.74, 6) is -0.188. The SMILES string of the molecule is C/C(=N\NC(=O)C1CC(c2ccc(Cl)c(Cl)c2)NN1)c1ccc(C)cc1. The predicted molar refractivity (Wildman–Crippen MR) is 105 cm³/mol. The highest BCUT2D eigenvalue weighted by molar-refractivity contribution is 6.42. The van der Waals surface area contributed by atoms with Crippen LogP contribution in [-0.2, 0) is 4.79 Å². The van der Waals surface area contributed by atoms with Crippen LogP contribution in [0.2, 0.25) is 10.0 Å². The lowest BCUT2D eigenvalue weighted by molar-refractivity contribution is -0.122. The number of nitrogens with zero attached hydrogens (tertiary/aromatic N) is 1. The largest absolute Gasteiger partial charge is 0.271 e. The summed E-state index contributed by atoms with van der Waals surface area (Å²) in [5.41, 5.74) is 12.6. The number of rotatable bonds is 4. The van der Waals surface area contributed by atoms with E-state index in [0.717, 1.165) is 16.8 Å². The molecule has 2 unspecified atom stereocenters. The summed E-state index contributed by atoms with van der Waals surface area (Å²) in [6, 6.07) is 13.0. The second-order valence-corrected chi connectivity index (χ2v) is 7.16. The van der Waals surface area contributed by atoms with Gasteiger partial charge in [-0.15, -0.1) is 0 Å². The van der Waals surface area contributed by atoms with Gasteiger partial charge < -0.3 is 0 Å². The van der Waals surface area contributed by atoms with Gasteiger partial charge in [-0.2, -0.15) is 5.10 Å². The zero-order chi connectivity index (χ0) is 18.7. The molecule has 0 spiro atoms. The number of carbonyl (C=O) groups is 1. The van der Waals surface area contributed by atoms with E-state index in [0.29, 0.717) is 16.5 Å². The Morgan fingerprint density at radius 1 is 1.12 bits per heavy atom. The summed E-state index contributed by atoms with van der Waals surface area (Å²) in [6.07, 6.45) is 0.586. The molecule has 26 heavy (non-hydrogen) atoms. The molecule has 1 aliphatic heterocycles. The molecule has 2 atom stereocenters. The normalized spacial score (nSPS) is 20.2. The molecule has 1 aliphatic rings. The first-order valence-electron chi connectivity index (χ1n) is 8.31. The van der Waals surface area contributed by atoms with Gasteiger partial charge in [-0.05, 0) is 43.5 Å². The highest BCUT2D eigenvalue weighted by Gasteiger charge is 2.30. The van der Waals surface area contributed by atoms with Crippen LogP contribution in [0.15, 0.2) is 47.6 Å². The number of hydrogen-bond acceptors (Lipinski definition) is 4. The Hall–Kier alpha value is -1.92. The number of amides is 1. The highest BCUT2D eigenvalue weighted by Crippen LogP contribution is 2.29. The Morgan fingerprint density at radius 2 is 1.85 bits per heavy atom. The van der Waals surface area contributed by atoms with Crippen molar-refractivity contribution in [3.05, 3.63) is 69.2 Å². The van der Waals surface area contributed by atoms with Crippen LogP contribution in [0.1, 0.15) is 36.1 Å². The zero-order valence-electron chi connectivity index (χ0n) is 14.5. The number of benzene rings is 2. The van der Waals surface area contributed by atoms with Gasteiger partial charge in [-0.25, -0.2) is 16.3 Å². The second-order valence-electron chi connectivity index (χ2n) is 6.34. The van der Waals surface area contributed by atoms with Gasteiger partial charge in [-0.1, -0.05) is 59.1 Å². The first-order chi connectivity index (χ1) is 12.4. The minimum Gasteiger partial charge on any atom is -0.271 e. The maximum Gasteiger partial charge on any atom is 0.258 e. The lowest BCUT2D eigenvalue weighted by Crippen LogP contribution is -2.41. The molecule has 3 N–H and O–H groups in total. The Bertz CT molecular complexity index is 836. The number of hydrazone groups is 1. The van der Waals surface area contributed by atoms with Gasteiger partial charge in [0, 0.05) is 6.04 Å². The minimum atomic E-state index is -0.385. The molecule has 0 radical (unpaired) electrons. The molecule has 0 aliphatic carbocycles. The quantitative estimate of drug-likeness (QED) is 0.550. The molecule has 1 amide bonds. The molecular weight excluding hydrogens is 371 g/mol. The maximum absolute atomic E-state index is 12.4. The number of aryl methyl sites for hydroxylation is 1. The van der Waals surface area contributed by atoms with E-state index >= 15 is 0 Å². The van der Waals surface area contributed by atoms with Crippen LogP contribution in [0.3, 0.4) is 0 Å². The summed E-state index contributed by atoms with van der Waals surface area (Å²) < 4.78 is 0. The molecule has 2 aromatic rings. The average Bonchev–Trinajstić information content (AvgIpc) is 3.12. The third-order valence-electron chi connectivity index (χ3n) is 4.37. The molecule has 3 rings (SSSR count).